The van der Waals surface area contributed by atoms with Crippen molar-refractivity contribution in [3.05, 3.63) is 84.6 Å². The van der Waals surface area contributed by atoms with E-state index in [9.17, 15) is 9.59 Å². The van der Waals surface area contributed by atoms with Crippen molar-refractivity contribution in [3.8, 4) is 11.3 Å². The number of hydrogen-bond donors (Lipinski definition) is 2. The van der Waals surface area contributed by atoms with Crippen LogP contribution in [-0.2, 0) is 4.79 Å². The molecule has 3 heterocycles. The lowest BCUT2D eigenvalue weighted by Gasteiger charge is -2.32. The topological polar surface area (TPSA) is 106 Å². The number of carbonyl (C=O) groups excluding carboxylic acids is 2. The molecule has 1 atom stereocenters. The predicted octanol–water partition coefficient (Wildman–Crippen LogP) is 4.59. The lowest BCUT2D eigenvalue weighted by molar-refractivity contribution is -0.127. The van der Waals surface area contributed by atoms with E-state index in [1.54, 1.807) is 18.3 Å². The summed E-state index contributed by atoms with van der Waals surface area (Å²) in [4.78, 5) is 31.2. The fourth-order valence-corrected chi connectivity index (χ4v) is 4.80. The number of fused-ring (bicyclic) bond motifs is 1. The number of likely N-dealkylation sites (tertiary alicyclic amines) is 1. The molecule has 8 heteroatoms. The Morgan fingerprint density at radius 3 is 2.61 bits per heavy atom. The number of carbonyl (C=O) groups is 2. The summed E-state index contributed by atoms with van der Waals surface area (Å²) >= 11 is 0. The summed E-state index contributed by atoms with van der Waals surface area (Å²) in [6.07, 6.45) is 4.90. The van der Waals surface area contributed by atoms with Gasteiger partial charge in [0.05, 0.1) is 16.9 Å². The van der Waals surface area contributed by atoms with Gasteiger partial charge in [-0.3, -0.25) is 14.3 Å². The van der Waals surface area contributed by atoms with Gasteiger partial charge >= 0.3 is 0 Å². The first-order chi connectivity index (χ1) is 17.5. The number of pyridine rings is 1. The second-order valence-electron chi connectivity index (χ2n) is 9.03. The van der Waals surface area contributed by atoms with Crippen LogP contribution >= 0.6 is 0 Å². The number of para-hydroxylation sites is 1. The summed E-state index contributed by atoms with van der Waals surface area (Å²) in [6.45, 7) is 6.89. The second-order valence-corrected chi connectivity index (χ2v) is 9.03. The zero-order chi connectivity index (χ0) is 25.2. The van der Waals surface area contributed by atoms with Crippen molar-refractivity contribution in [2.45, 2.75) is 25.8 Å². The van der Waals surface area contributed by atoms with Crippen molar-refractivity contribution in [1.29, 1.82) is 0 Å². The highest BCUT2D eigenvalue weighted by Crippen LogP contribution is 2.36. The van der Waals surface area contributed by atoms with E-state index >= 15 is 0 Å². The first kappa shape index (κ1) is 23.3. The Morgan fingerprint density at radius 1 is 1.14 bits per heavy atom. The van der Waals surface area contributed by atoms with Gasteiger partial charge < -0.3 is 16.0 Å². The number of piperidine rings is 1. The van der Waals surface area contributed by atoms with Crippen molar-refractivity contribution in [3.63, 3.8) is 0 Å². The Hall–Kier alpha value is -4.46. The molecule has 0 bridgehead atoms. The van der Waals surface area contributed by atoms with Gasteiger partial charge in [0.1, 0.15) is 11.5 Å². The van der Waals surface area contributed by atoms with Crippen LogP contribution in [0, 0.1) is 6.92 Å². The highest BCUT2D eigenvalue weighted by atomic mass is 16.2. The van der Waals surface area contributed by atoms with Crippen LogP contribution in [0.1, 0.15) is 34.8 Å². The van der Waals surface area contributed by atoms with Crippen LogP contribution in [0.15, 0.2) is 73.4 Å². The number of amides is 2. The average molecular weight is 481 g/mol. The zero-order valence-corrected chi connectivity index (χ0v) is 20.1. The van der Waals surface area contributed by atoms with Crippen LogP contribution in [0.2, 0.25) is 0 Å². The van der Waals surface area contributed by atoms with Crippen LogP contribution in [0.25, 0.3) is 22.2 Å². The van der Waals surface area contributed by atoms with Gasteiger partial charge in [-0.05, 0) is 55.7 Å². The minimum absolute atomic E-state index is 0.00956. The Kier molecular flexibility index (Phi) is 6.25. The van der Waals surface area contributed by atoms with E-state index in [2.05, 4.69) is 16.9 Å². The Balaban J connectivity index is 1.51. The molecule has 2 aromatic heterocycles. The third-order valence-electron chi connectivity index (χ3n) is 6.62. The molecule has 182 valence electrons. The van der Waals surface area contributed by atoms with Crippen LogP contribution in [0.4, 0.5) is 11.5 Å². The number of aromatic nitrogens is 3. The summed E-state index contributed by atoms with van der Waals surface area (Å²) in [5.41, 5.74) is 11.1. The third-order valence-corrected chi connectivity index (χ3v) is 6.62. The number of aryl methyl sites for hydroxylation is 1. The van der Waals surface area contributed by atoms with Gasteiger partial charge in [0.25, 0.3) is 5.91 Å². The number of hydrogen-bond acceptors (Lipinski definition) is 5. The second kappa shape index (κ2) is 9.65. The van der Waals surface area contributed by atoms with Gasteiger partial charge in [0, 0.05) is 36.1 Å². The maximum atomic E-state index is 12.7. The molecule has 4 aromatic rings. The molecule has 1 fully saturated rings. The molecule has 1 aliphatic rings. The molecule has 36 heavy (non-hydrogen) atoms. The van der Waals surface area contributed by atoms with Crippen LogP contribution < -0.4 is 11.1 Å². The highest BCUT2D eigenvalue weighted by Gasteiger charge is 2.28. The van der Waals surface area contributed by atoms with Crippen molar-refractivity contribution in [2.24, 2.45) is 0 Å². The number of nitrogens with two attached hydrogens (primary N) is 1. The molecule has 0 unspecified atom stereocenters. The van der Waals surface area contributed by atoms with Gasteiger partial charge in [-0.15, -0.1) is 0 Å². The predicted molar refractivity (Wildman–Crippen MR) is 142 cm³/mol. The number of anilines is 2. The number of nitrogens with one attached hydrogen (secondary N) is 1. The molecule has 2 aromatic carbocycles. The quantitative estimate of drug-likeness (QED) is 0.407. The van der Waals surface area contributed by atoms with E-state index in [4.69, 9.17) is 10.8 Å². The maximum absolute atomic E-state index is 12.7. The molecule has 0 saturated carbocycles. The Morgan fingerprint density at radius 2 is 1.89 bits per heavy atom. The monoisotopic (exact) mass is 480 g/mol. The van der Waals surface area contributed by atoms with Gasteiger partial charge in [0.15, 0.2) is 0 Å². The molecule has 0 aliphatic carbocycles. The number of nitrogen functional groups attached to an aromatic ring is 1. The lowest BCUT2D eigenvalue weighted by atomic mass is 10.0. The van der Waals surface area contributed by atoms with Crippen LogP contribution in [-0.4, -0.2) is 44.6 Å². The zero-order valence-electron chi connectivity index (χ0n) is 20.1. The van der Waals surface area contributed by atoms with E-state index < -0.39 is 0 Å². The smallest absolute Gasteiger partial charge is 0.255 e. The average Bonchev–Trinajstić information content (AvgIpc) is 3.33. The van der Waals surface area contributed by atoms with Gasteiger partial charge in [-0.1, -0.05) is 36.9 Å². The first-order valence-corrected chi connectivity index (χ1v) is 12.0. The molecule has 8 nitrogen and oxygen atoms in total. The number of rotatable bonds is 5. The summed E-state index contributed by atoms with van der Waals surface area (Å²) < 4.78 is 2.00. The van der Waals surface area contributed by atoms with Gasteiger partial charge in [-0.25, -0.2) is 4.98 Å². The minimum Gasteiger partial charge on any atom is -0.383 e. The Bertz CT molecular complexity index is 1440. The number of nitrogens with zero attached hydrogens (tertiary/aromatic N) is 4. The largest absolute Gasteiger partial charge is 0.383 e. The molecular formula is C28H28N6O2. The molecule has 5 rings (SSSR count). The Labute approximate surface area is 209 Å². The van der Waals surface area contributed by atoms with E-state index in [1.165, 1.54) is 6.08 Å². The number of benzene rings is 2. The highest BCUT2D eigenvalue weighted by molar-refractivity contribution is 6.05. The van der Waals surface area contributed by atoms with Crippen molar-refractivity contribution >= 4 is 34.2 Å². The van der Waals surface area contributed by atoms with Crippen molar-refractivity contribution in [1.82, 2.24) is 19.7 Å². The molecule has 0 spiro atoms. The molecule has 0 radical (unpaired) electrons. The van der Waals surface area contributed by atoms with Crippen LogP contribution in [0.3, 0.4) is 0 Å². The summed E-state index contributed by atoms with van der Waals surface area (Å²) in [7, 11) is 0. The first-order valence-electron chi connectivity index (χ1n) is 12.0. The maximum Gasteiger partial charge on any atom is 0.255 e. The molecular weight excluding hydrogens is 452 g/mol. The summed E-state index contributed by atoms with van der Waals surface area (Å²) in [6, 6.07) is 16.7. The standard InChI is InChI=1S/C28H28N6O2/c1-3-23(35)33-15-7-10-22(17-33)34-26-18(2)16-30-27(29)24(26)25(32-34)19-11-13-20(14-12-19)28(36)31-21-8-5-4-6-9-21/h3-6,8-9,11-14,16,22H,1,7,10,15,17H2,2H3,(H2,29,30)(H,31,36)/t22-/m1/s1. The van der Waals surface area contributed by atoms with Gasteiger partial charge in [-0.2, -0.15) is 5.10 Å². The molecule has 1 aliphatic heterocycles. The van der Waals surface area contributed by atoms with Crippen molar-refractivity contribution < 1.29 is 9.59 Å². The molecule has 3 N–H and O–H groups in total. The molecule has 2 amide bonds. The summed E-state index contributed by atoms with van der Waals surface area (Å²) in [5.74, 6) is 0.144. The van der Waals surface area contributed by atoms with Crippen LogP contribution in [0.5, 0.6) is 0 Å². The van der Waals surface area contributed by atoms with E-state index in [0.717, 1.165) is 40.6 Å². The SMILES string of the molecule is C=CC(=O)N1CCC[C@@H](n2nc(-c3ccc(C(=O)Nc4ccccc4)cc3)c3c(N)ncc(C)c32)C1. The normalized spacial score (nSPS) is 15.6. The fourth-order valence-electron chi connectivity index (χ4n) is 4.80. The lowest BCUT2D eigenvalue weighted by Crippen LogP contribution is -2.40. The molecule has 1 saturated heterocycles. The van der Waals surface area contributed by atoms with Gasteiger partial charge in [0.2, 0.25) is 5.91 Å². The van der Waals surface area contributed by atoms with Crippen molar-refractivity contribution in [2.75, 3.05) is 24.1 Å². The fraction of sp³-hybridized carbons (Fsp3) is 0.214. The van der Waals surface area contributed by atoms with E-state index in [-0.39, 0.29) is 17.9 Å². The summed E-state index contributed by atoms with van der Waals surface area (Å²) in [5, 5.41) is 8.68. The third kappa shape index (κ3) is 4.33. The van der Waals surface area contributed by atoms with E-state index in [0.29, 0.717) is 30.2 Å². The minimum atomic E-state index is -0.186. The van der Waals surface area contributed by atoms with E-state index in [1.807, 2.05) is 59.0 Å².